The van der Waals surface area contributed by atoms with Crippen molar-refractivity contribution >= 4 is 40.1 Å². The van der Waals surface area contributed by atoms with Crippen molar-refractivity contribution in [2.24, 2.45) is 0 Å². The third-order valence-electron chi connectivity index (χ3n) is 5.97. The number of rotatable bonds is 4. The van der Waals surface area contributed by atoms with Crippen LogP contribution >= 0.6 is 11.6 Å². The van der Waals surface area contributed by atoms with Gasteiger partial charge < -0.3 is 4.74 Å². The van der Waals surface area contributed by atoms with Gasteiger partial charge in [-0.05, 0) is 60.7 Å². The van der Waals surface area contributed by atoms with Gasteiger partial charge >= 0.3 is 5.97 Å². The smallest absolute Gasteiger partial charge is 0.339 e. The van der Waals surface area contributed by atoms with Gasteiger partial charge in [-0.3, -0.25) is 0 Å². The monoisotopic (exact) mass is 457 g/mol. The van der Waals surface area contributed by atoms with E-state index in [4.69, 9.17) is 21.3 Å². The lowest BCUT2D eigenvalue weighted by molar-refractivity contribution is 0.0470. The van der Waals surface area contributed by atoms with Crippen molar-refractivity contribution in [1.82, 2.24) is 4.98 Å². The number of benzene rings is 3. The molecule has 0 atom stereocenters. The second kappa shape index (κ2) is 8.80. The molecule has 1 aromatic heterocycles. The summed E-state index contributed by atoms with van der Waals surface area (Å²) in [6.45, 7) is 1.82. The molecule has 1 aliphatic rings. The molecular weight excluding hydrogens is 437 g/mol. The van der Waals surface area contributed by atoms with Crippen LogP contribution in [0.4, 0.5) is 4.39 Å². The number of carbonyl (C=O) groups is 1. The first-order valence-electron chi connectivity index (χ1n) is 10.8. The van der Waals surface area contributed by atoms with E-state index in [0.717, 1.165) is 39.7 Å². The predicted molar refractivity (Wildman–Crippen MR) is 130 cm³/mol. The summed E-state index contributed by atoms with van der Waals surface area (Å²) in [4.78, 5) is 18.2. The normalized spacial score (nSPS) is 14.0. The highest BCUT2D eigenvalue weighted by atomic mass is 35.5. The maximum atomic E-state index is 14.2. The first-order chi connectivity index (χ1) is 16.0. The van der Waals surface area contributed by atoms with E-state index in [1.807, 2.05) is 24.3 Å². The zero-order chi connectivity index (χ0) is 22.9. The predicted octanol–water partition coefficient (Wildman–Crippen LogP) is 7.18. The van der Waals surface area contributed by atoms with Crippen LogP contribution in [0, 0.1) is 12.7 Å². The van der Waals surface area contributed by atoms with Crippen molar-refractivity contribution in [3.63, 3.8) is 0 Å². The number of esters is 1. The number of hydrogen-bond acceptors (Lipinski definition) is 3. The summed E-state index contributed by atoms with van der Waals surface area (Å²) in [5.41, 5.74) is 6.47. The minimum atomic E-state index is -0.499. The molecule has 5 rings (SSSR count). The average Bonchev–Trinajstić information content (AvgIpc) is 3.20. The third kappa shape index (κ3) is 4.14. The van der Waals surface area contributed by atoms with Gasteiger partial charge in [0.15, 0.2) is 0 Å². The molecule has 3 nitrogen and oxygen atoms in total. The summed E-state index contributed by atoms with van der Waals surface area (Å²) in [5, 5.41) is 0.966. The van der Waals surface area contributed by atoms with Crippen molar-refractivity contribution in [2.75, 3.05) is 0 Å². The molecule has 0 N–H and O–H groups in total. The van der Waals surface area contributed by atoms with Crippen LogP contribution in [-0.4, -0.2) is 11.0 Å². The molecule has 0 amide bonds. The second-order valence-electron chi connectivity index (χ2n) is 8.19. The molecule has 0 unspecified atom stereocenters. The molecule has 1 aliphatic carbocycles. The van der Waals surface area contributed by atoms with Crippen LogP contribution < -0.4 is 0 Å². The van der Waals surface area contributed by atoms with Crippen molar-refractivity contribution in [2.45, 2.75) is 26.4 Å². The van der Waals surface area contributed by atoms with Gasteiger partial charge in [0.25, 0.3) is 0 Å². The number of aryl methyl sites for hydroxylation is 1. The van der Waals surface area contributed by atoms with Crippen LogP contribution in [0.2, 0.25) is 5.02 Å². The van der Waals surface area contributed by atoms with E-state index in [-0.39, 0.29) is 17.2 Å². The highest BCUT2D eigenvalue weighted by molar-refractivity contribution is 6.31. The molecular formula is C28H21ClFNO2. The van der Waals surface area contributed by atoms with E-state index < -0.39 is 11.8 Å². The summed E-state index contributed by atoms with van der Waals surface area (Å²) < 4.78 is 19.7. The number of nitrogens with zero attached hydrogens (tertiary/aromatic N) is 1. The van der Waals surface area contributed by atoms with Crippen LogP contribution in [0.25, 0.3) is 22.6 Å². The Morgan fingerprint density at radius 3 is 2.64 bits per heavy atom. The van der Waals surface area contributed by atoms with Gasteiger partial charge in [-0.1, -0.05) is 65.7 Å². The van der Waals surface area contributed by atoms with Crippen molar-refractivity contribution in [3.8, 4) is 0 Å². The molecule has 0 bridgehead atoms. The fourth-order valence-corrected chi connectivity index (χ4v) is 4.47. The Morgan fingerprint density at radius 2 is 1.85 bits per heavy atom. The van der Waals surface area contributed by atoms with Gasteiger partial charge in [-0.2, -0.15) is 0 Å². The molecule has 0 aliphatic heterocycles. The highest BCUT2D eigenvalue weighted by Crippen LogP contribution is 2.38. The number of aromatic nitrogens is 1. The van der Waals surface area contributed by atoms with E-state index in [9.17, 15) is 9.18 Å². The minimum absolute atomic E-state index is 0.169. The van der Waals surface area contributed by atoms with Crippen molar-refractivity contribution in [1.29, 1.82) is 0 Å². The summed E-state index contributed by atoms with van der Waals surface area (Å²) in [6, 6.07) is 20.2. The molecule has 0 saturated heterocycles. The summed E-state index contributed by atoms with van der Waals surface area (Å²) in [7, 11) is 0. The van der Waals surface area contributed by atoms with E-state index >= 15 is 0 Å². The molecule has 1 heterocycles. The van der Waals surface area contributed by atoms with E-state index in [1.165, 1.54) is 17.7 Å². The SMILES string of the molecule is Cc1ccc(C=C2CCc3c2nc2ccccc2c3C(=O)OCc2c(F)cccc2Cl)cc1. The minimum Gasteiger partial charge on any atom is -0.457 e. The van der Waals surface area contributed by atoms with Gasteiger partial charge in [0.1, 0.15) is 12.4 Å². The summed E-state index contributed by atoms with van der Waals surface area (Å²) in [6.07, 6.45) is 3.60. The van der Waals surface area contributed by atoms with Gasteiger partial charge in [0.05, 0.1) is 21.8 Å². The van der Waals surface area contributed by atoms with Crippen LogP contribution in [-0.2, 0) is 17.8 Å². The van der Waals surface area contributed by atoms with Crippen LogP contribution in [0.3, 0.4) is 0 Å². The van der Waals surface area contributed by atoms with Crippen molar-refractivity contribution in [3.05, 3.63) is 111 Å². The Labute approximate surface area is 196 Å². The standard InChI is InChI=1S/C28H21ClFNO2/c1-17-9-11-18(12-10-17)15-19-13-14-21-26(20-5-2-3-8-25(20)31-27(19)21)28(32)33-16-22-23(29)6-4-7-24(22)30/h2-12,15H,13-14,16H2,1H3. The molecule has 0 saturated carbocycles. The topological polar surface area (TPSA) is 39.2 Å². The van der Waals surface area contributed by atoms with Crippen LogP contribution in [0.5, 0.6) is 0 Å². The number of hydrogen-bond donors (Lipinski definition) is 0. The lowest BCUT2D eigenvalue weighted by Crippen LogP contribution is -2.11. The first-order valence-corrected chi connectivity index (χ1v) is 11.2. The average molecular weight is 458 g/mol. The zero-order valence-corrected chi connectivity index (χ0v) is 18.8. The van der Waals surface area contributed by atoms with Crippen molar-refractivity contribution < 1.29 is 13.9 Å². The Bertz CT molecular complexity index is 1390. The third-order valence-corrected chi connectivity index (χ3v) is 6.33. The summed E-state index contributed by atoms with van der Waals surface area (Å²) >= 11 is 6.10. The maximum absolute atomic E-state index is 14.2. The molecule has 4 aromatic rings. The van der Waals surface area contributed by atoms with E-state index in [2.05, 4.69) is 37.3 Å². The number of para-hydroxylation sites is 1. The molecule has 0 spiro atoms. The maximum Gasteiger partial charge on any atom is 0.339 e. The number of halogens is 2. The first kappa shape index (κ1) is 21.4. The second-order valence-corrected chi connectivity index (χ2v) is 8.59. The van der Waals surface area contributed by atoms with E-state index in [1.54, 1.807) is 6.07 Å². The fourth-order valence-electron chi connectivity index (χ4n) is 4.26. The lowest BCUT2D eigenvalue weighted by atomic mass is 10.0. The highest BCUT2D eigenvalue weighted by Gasteiger charge is 2.28. The summed E-state index contributed by atoms with van der Waals surface area (Å²) in [5.74, 6) is -0.996. The number of ether oxygens (including phenoxy) is 1. The molecule has 164 valence electrons. The molecule has 5 heteroatoms. The Balaban J connectivity index is 1.55. The zero-order valence-electron chi connectivity index (χ0n) is 18.1. The Kier molecular flexibility index (Phi) is 5.69. The quantitative estimate of drug-likeness (QED) is 0.305. The molecule has 3 aromatic carbocycles. The molecule has 33 heavy (non-hydrogen) atoms. The lowest BCUT2D eigenvalue weighted by Gasteiger charge is -2.13. The van der Waals surface area contributed by atoms with Gasteiger partial charge in [0, 0.05) is 10.9 Å². The number of allylic oxidation sites excluding steroid dienone is 1. The van der Waals surface area contributed by atoms with Gasteiger partial charge in [0.2, 0.25) is 0 Å². The fraction of sp³-hybridized carbons (Fsp3) is 0.143. The number of pyridine rings is 1. The number of carbonyl (C=O) groups excluding carboxylic acids is 1. The molecule has 0 radical (unpaired) electrons. The van der Waals surface area contributed by atoms with Crippen LogP contribution in [0.15, 0.2) is 66.7 Å². The van der Waals surface area contributed by atoms with Gasteiger partial charge in [-0.15, -0.1) is 0 Å². The largest absolute Gasteiger partial charge is 0.457 e. The molecule has 0 fully saturated rings. The Morgan fingerprint density at radius 1 is 1.06 bits per heavy atom. The number of fused-ring (bicyclic) bond motifs is 2. The van der Waals surface area contributed by atoms with Crippen LogP contribution in [0.1, 0.15) is 44.7 Å². The van der Waals surface area contributed by atoms with E-state index in [0.29, 0.717) is 12.0 Å². The van der Waals surface area contributed by atoms with Gasteiger partial charge in [-0.25, -0.2) is 14.2 Å². The Hall–Kier alpha value is -3.50.